The molecule has 2 aromatic carbocycles. The quantitative estimate of drug-likeness (QED) is 0.449. The number of aryl methyl sites for hydroxylation is 1. The summed E-state index contributed by atoms with van der Waals surface area (Å²) in [5.74, 6) is 1.09. The predicted octanol–water partition coefficient (Wildman–Crippen LogP) is 1.71. The van der Waals surface area contributed by atoms with Crippen LogP contribution in [0.5, 0.6) is 11.5 Å². The second-order valence-electron chi connectivity index (χ2n) is 7.14. The lowest BCUT2D eigenvalue weighted by molar-refractivity contribution is -0.900. The van der Waals surface area contributed by atoms with Gasteiger partial charge in [-0.25, -0.2) is 5.43 Å². The molecule has 1 fully saturated rings. The third-order valence-electron chi connectivity index (χ3n) is 4.77. The summed E-state index contributed by atoms with van der Waals surface area (Å²) < 4.78 is 17.5. The smallest absolute Gasteiger partial charge is 0.295 e. The number of hydrogen-bond donors (Lipinski definition) is 2. The monoisotopic (exact) mass is 476 g/mol. The van der Waals surface area contributed by atoms with Crippen LogP contribution >= 0.6 is 15.9 Å². The minimum absolute atomic E-state index is 0.118. The van der Waals surface area contributed by atoms with Crippen LogP contribution in [0, 0.1) is 6.92 Å². The van der Waals surface area contributed by atoms with Crippen LogP contribution in [-0.2, 0) is 16.1 Å². The van der Waals surface area contributed by atoms with Crippen molar-refractivity contribution in [3.8, 4) is 11.5 Å². The third-order valence-corrected chi connectivity index (χ3v) is 5.36. The van der Waals surface area contributed by atoms with Gasteiger partial charge in [-0.1, -0.05) is 29.8 Å². The molecule has 0 spiro atoms. The van der Waals surface area contributed by atoms with E-state index in [-0.39, 0.29) is 5.91 Å². The summed E-state index contributed by atoms with van der Waals surface area (Å²) in [4.78, 5) is 13.2. The summed E-state index contributed by atoms with van der Waals surface area (Å²) in [6, 6.07) is 11.9. The molecule has 1 aliphatic rings. The number of quaternary nitrogens is 1. The Morgan fingerprint density at radius 3 is 2.70 bits per heavy atom. The summed E-state index contributed by atoms with van der Waals surface area (Å²) in [5, 5.41) is 4.07. The average molecular weight is 477 g/mol. The Morgan fingerprint density at radius 1 is 1.27 bits per heavy atom. The largest absolute Gasteiger partial charge is 0.493 e. The maximum Gasteiger partial charge on any atom is 0.295 e. The molecule has 0 unspecified atom stereocenters. The first-order valence-electron chi connectivity index (χ1n) is 9.84. The zero-order chi connectivity index (χ0) is 21.3. The Hall–Kier alpha value is -2.42. The van der Waals surface area contributed by atoms with E-state index in [0.717, 1.165) is 28.7 Å². The Morgan fingerprint density at radius 2 is 2.00 bits per heavy atom. The lowest BCUT2D eigenvalue weighted by Gasteiger charge is -2.22. The second-order valence-corrected chi connectivity index (χ2v) is 8.00. The van der Waals surface area contributed by atoms with Crippen molar-refractivity contribution in [3.05, 3.63) is 57.6 Å². The number of benzene rings is 2. The first-order valence-corrected chi connectivity index (χ1v) is 10.6. The van der Waals surface area contributed by atoms with Crippen molar-refractivity contribution in [2.45, 2.75) is 13.5 Å². The summed E-state index contributed by atoms with van der Waals surface area (Å²) in [6.07, 6.45) is 1.59. The summed E-state index contributed by atoms with van der Waals surface area (Å²) in [7, 11) is 1.59. The number of amides is 1. The Labute approximate surface area is 185 Å². The fourth-order valence-electron chi connectivity index (χ4n) is 3.08. The molecular formula is C22H27BrN3O4+. The number of rotatable bonds is 8. The van der Waals surface area contributed by atoms with Gasteiger partial charge in [0.05, 0.1) is 31.0 Å². The Bertz CT molecular complexity index is 881. The van der Waals surface area contributed by atoms with E-state index in [1.54, 1.807) is 13.3 Å². The van der Waals surface area contributed by atoms with Crippen molar-refractivity contribution in [1.82, 2.24) is 5.43 Å². The van der Waals surface area contributed by atoms with Gasteiger partial charge < -0.3 is 19.1 Å². The highest BCUT2D eigenvalue weighted by Gasteiger charge is 2.17. The zero-order valence-corrected chi connectivity index (χ0v) is 18.8. The fraction of sp³-hybridized carbons (Fsp3) is 0.364. The van der Waals surface area contributed by atoms with Gasteiger partial charge in [0.2, 0.25) is 0 Å². The number of nitrogens with one attached hydrogen (secondary N) is 2. The number of halogens is 1. The molecule has 30 heavy (non-hydrogen) atoms. The molecule has 1 saturated heterocycles. The van der Waals surface area contributed by atoms with E-state index >= 15 is 0 Å². The minimum atomic E-state index is -0.118. The average Bonchev–Trinajstić information content (AvgIpc) is 2.74. The first-order chi connectivity index (χ1) is 14.5. The van der Waals surface area contributed by atoms with Gasteiger partial charge in [0, 0.05) is 0 Å². The number of methoxy groups -OCH3 is 1. The van der Waals surface area contributed by atoms with Crippen LogP contribution < -0.4 is 19.8 Å². The van der Waals surface area contributed by atoms with E-state index < -0.39 is 0 Å². The molecule has 0 atom stereocenters. The number of carbonyl (C=O) groups excluding carboxylic acids is 1. The molecule has 3 rings (SSSR count). The molecule has 0 aromatic heterocycles. The van der Waals surface area contributed by atoms with E-state index in [1.165, 1.54) is 10.5 Å². The Kier molecular flexibility index (Phi) is 8.24. The van der Waals surface area contributed by atoms with Crippen LogP contribution in [0.2, 0.25) is 0 Å². The molecule has 1 heterocycles. The normalized spacial score (nSPS) is 14.6. The van der Waals surface area contributed by atoms with Gasteiger partial charge in [-0.2, -0.15) is 5.10 Å². The van der Waals surface area contributed by atoms with Gasteiger partial charge in [0.15, 0.2) is 18.0 Å². The van der Waals surface area contributed by atoms with Crippen LogP contribution in [0.1, 0.15) is 16.7 Å². The highest BCUT2D eigenvalue weighted by atomic mass is 79.9. The standard InChI is InChI=1S/C22H26BrN3O4/c1-16-3-5-17(6-4-16)15-30-22-19(23)11-18(12-20(22)28-2)13-24-25-21(27)14-26-7-9-29-10-8-26/h3-6,11-13H,7-10,14-15H2,1-2H3,(H,25,27)/p+1/b24-13-. The van der Waals surface area contributed by atoms with E-state index in [1.807, 2.05) is 24.3 Å². The summed E-state index contributed by atoms with van der Waals surface area (Å²) in [6.45, 7) is 5.94. The molecule has 0 saturated carbocycles. The van der Waals surface area contributed by atoms with Gasteiger partial charge in [-0.05, 0) is 46.1 Å². The van der Waals surface area contributed by atoms with Gasteiger partial charge >= 0.3 is 0 Å². The topological polar surface area (TPSA) is 73.6 Å². The van der Waals surface area contributed by atoms with Crippen molar-refractivity contribution in [1.29, 1.82) is 0 Å². The lowest BCUT2D eigenvalue weighted by Crippen LogP contribution is -3.15. The molecule has 0 bridgehead atoms. The maximum atomic E-state index is 12.0. The van der Waals surface area contributed by atoms with Crippen LogP contribution in [0.3, 0.4) is 0 Å². The van der Waals surface area contributed by atoms with Gasteiger partial charge in [-0.15, -0.1) is 0 Å². The number of ether oxygens (including phenoxy) is 3. The van der Waals surface area contributed by atoms with Gasteiger partial charge in [0.25, 0.3) is 5.91 Å². The molecule has 1 amide bonds. The van der Waals surface area contributed by atoms with Crippen molar-refractivity contribution in [2.75, 3.05) is 40.0 Å². The van der Waals surface area contributed by atoms with E-state index in [9.17, 15) is 4.79 Å². The highest BCUT2D eigenvalue weighted by Crippen LogP contribution is 2.36. The molecule has 8 heteroatoms. The van der Waals surface area contributed by atoms with E-state index in [0.29, 0.717) is 37.9 Å². The molecule has 160 valence electrons. The first kappa shape index (κ1) is 22.3. The van der Waals surface area contributed by atoms with E-state index in [2.05, 4.69) is 45.5 Å². The number of morpholine rings is 1. The molecule has 1 aliphatic heterocycles. The van der Waals surface area contributed by atoms with Crippen LogP contribution in [0.4, 0.5) is 0 Å². The van der Waals surface area contributed by atoms with Crippen molar-refractivity contribution in [2.24, 2.45) is 5.10 Å². The lowest BCUT2D eigenvalue weighted by atomic mass is 10.2. The predicted molar refractivity (Wildman–Crippen MR) is 118 cm³/mol. The molecule has 0 radical (unpaired) electrons. The zero-order valence-electron chi connectivity index (χ0n) is 17.2. The van der Waals surface area contributed by atoms with E-state index in [4.69, 9.17) is 14.2 Å². The highest BCUT2D eigenvalue weighted by molar-refractivity contribution is 9.10. The number of carbonyl (C=O) groups is 1. The molecule has 7 nitrogen and oxygen atoms in total. The van der Waals surface area contributed by atoms with Crippen LogP contribution in [0.25, 0.3) is 0 Å². The molecule has 0 aliphatic carbocycles. The van der Waals surface area contributed by atoms with Gasteiger partial charge in [-0.3, -0.25) is 4.79 Å². The Balaban J connectivity index is 1.59. The summed E-state index contributed by atoms with van der Waals surface area (Å²) >= 11 is 3.54. The van der Waals surface area contributed by atoms with Crippen molar-refractivity contribution in [3.63, 3.8) is 0 Å². The number of hydrazone groups is 1. The van der Waals surface area contributed by atoms with Crippen LogP contribution in [0.15, 0.2) is 46.0 Å². The summed E-state index contributed by atoms with van der Waals surface area (Å²) in [5.41, 5.74) is 5.64. The number of hydrogen-bond acceptors (Lipinski definition) is 5. The molecule has 2 N–H and O–H groups in total. The third kappa shape index (κ3) is 6.55. The molecule has 2 aromatic rings. The van der Waals surface area contributed by atoms with Crippen molar-refractivity contribution >= 4 is 28.1 Å². The van der Waals surface area contributed by atoms with Gasteiger partial charge in [0.1, 0.15) is 19.7 Å². The maximum absolute atomic E-state index is 12.0. The fourth-order valence-corrected chi connectivity index (χ4v) is 3.65. The minimum Gasteiger partial charge on any atom is -0.493 e. The second kappa shape index (κ2) is 11.1. The van der Waals surface area contributed by atoms with Crippen LogP contribution in [-0.4, -0.2) is 52.1 Å². The van der Waals surface area contributed by atoms with Crippen molar-refractivity contribution < 1.29 is 23.9 Å². The number of nitrogens with zero attached hydrogens (tertiary/aromatic N) is 1. The SMILES string of the molecule is COc1cc(/C=N\NC(=O)C[NH+]2CCOCC2)cc(Br)c1OCc1ccc(C)cc1. The molecular weight excluding hydrogens is 450 g/mol.